The molecule has 0 heterocycles. The van der Waals surface area contributed by atoms with Crippen LogP contribution in [0.15, 0.2) is 0 Å². The molecule has 4 atom stereocenters. The van der Waals surface area contributed by atoms with Crippen LogP contribution >= 0.6 is 0 Å². The molecule has 4 unspecified atom stereocenters. The van der Waals surface area contributed by atoms with Crippen molar-refractivity contribution in [1.82, 2.24) is 9.88 Å². The molecule has 20 heavy (non-hydrogen) atoms. The molecule has 2 rings (SSSR count). The Morgan fingerprint density at radius 2 is 1.65 bits per heavy atom. The molecule has 1 N–H and O–H groups in total. The zero-order valence-electron chi connectivity index (χ0n) is 14.8. The number of rotatable bonds is 3. The lowest BCUT2D eigenvalue weighted by Crippen LogP contribution is -2.60. The number of hydrogen-bond donors (Lipinski definition) is 1. The highest BCUT2D eigenvalue weighted by Crippen LogP contribution is 2.53. The molecule has 0 aromatic heterocycles. The van der Waals surface area contributed by atoms with E-state index in [1.165, 1.54) is 32.1 Å². The second-order valence-electron chi connectivity index (χ2n) is 9.10. The third kappa shape index (κ3) is 3.48. The van der Waals surface area contributed by atoms with Gasteiger partial charge in [0.05, 0.1) is 0 Å². The third-order valence-corrected chi connectivity index (χ3v) is 9.46. The molecule has 2 fully saturated rings. The minimum absolute atomic E-state index is 0.249. The smallest absolute Gasteiger partial charge is 0.124 e. The second kappa shape index (κ2) is 5.73. The van der Waals surface area contributed by atoms with Gasteiger partial charge in [-0.15, -0.1) is 0 Å². The maximum Gasteiger partial charge on any atom is 0.124 e. The van der Waals surface area contributed by atoms with E-state index in [4.69, 9.17) is 0 Å². The Labute approximate surface area is 127 Å². The van der Waals surface area contributed by atoms with Crippen LogP contribution < -0.4 is 4.98 Å². The molecule has 0 aromatic carbocycles. The minimum atomic E-state index is -1.43. The third-order valence-electron chi connectivity index (χ3n) is 5.58. The van der Waals surface area contributed by atoms with Crippen LogP contribution in [0.3, 0.4) is 0 Å². The fourth-order valence-corrected chi connectivity index (χ4v) is 10.3. The van der Waals surface area contributed by atoms with Gasteiger partial charge >= 0.3 is 0 Å². The quantitative estimate of drug-likeness (QED) is 0.789. The van der Waals surface area contributed by atoms with Gasteiger partial charge in [0.15, 0.2) is 0 Å². The first-order valence-corrected chi connectivity index (χ1v) is 11.7. The van der Waals surface area contributed by atoms with Crippen molar-refractivity contribution < 1.29 is 0 Å². The van der Waals surface area contributed by atoms with E-state index in [0.29, 0.717) is 0 Å². The van der Waals surface area contributed by atoms with Gasteiger partial charge in [0, 0.05) is 11.6 Å². The summed E-state index contributed by atoms with van der Waals surface area (Å²) in [5.41, 5.74) is 1.17. The highest BCUT2D eigenvalue weighted by molar-refractivity contribution is 6.76. The van der Waals surface area contributed by atoms with Gasteiger partial charge in [0.25, 0.3) is 0 Å². The van der Waals surface area contributed by atoms with Crippen LogP contribution in [0, 0.1) is 11.8 Å². The molecule has 118 valence electrons. The van der Waals surface area contributed by atoms with Crippen LogP contribution in [0.5, 0.6) is 0 Å². The molecule has 0 saturated heterocycles. The molecule has 0 aliphatic heterocycles. The first-order chi connectivity index (χ1) is 9.12. The van der Waals surface area contributed by atoms with E-state index in [0.717, 1.165) is 23.4 Å². The van der Waals surface area contributed by atoms with Gasteiger partial charge in [0.1, 0.15) is 8.24 Å². The van der Waals surface area contributed by atoms with Crippen molar-refractivity contribution in [2.45, 2.75) is 83.1 Å². The molecule has 2 nitrogen and oxygen atoms in total. The van der Waals surface area contributed by atoms with Gasteiger partial charge in [0.2, 0.25) is 0 Å². The van der Waals surface area contributed by atoms with E-state index >= 15 is 0 Å². The maximum absolute atomic E-state index is 4.07. The lowest BCUT2D eigenvalue weighted by molar-refractivity contribution is 0.271. The summed E-state index contributed by atoms with van der Waals surface area (Å²) in [6.45, 7) is 12.2. The van der Waals surface area contributed by atoms with E-state index in [1.807, 2.05) is 0 Å². The largest absolute Gasteiger partial charge is 0.332 e. The van der Waals surface area contributed by atoms with Crippen molar-refractivity contribution in [1.29, 1.82) is 0 Å². The van der Waals surface area contributed by atoms with Gasteiger partial charge in [-0.3, -0.25) is 0 Å². The van der Waals surface area contributed by atoms with Crippen LogP contribution in [0.4, 0.5) is 0 Å². The standard InChI is InChI=1S/C17H36N2Si/c1-17(2,3)18-20(6,7)16-14-11-9-8-10-13(14)12-15(16)19(4)5/h13-16,18H,8-12H2,1-7H3. The summed E-state index contributed by atoms with van der Waals surface area (Å²) in [4.78, 5) is 6.60. The predicted octanol–water partition coefficient (Wildman–Crippen LogP) is 4.09. The van der Waals surface area contributed by atoms with Gasteiger partial charge in [-0.05, 0) is 58.7 Å². The Bertz CT molecular complexity index is 330. The van der Waals surface area contributed by atoms with Crippen molar-refractivity contribution in [3.8, 4) is 0 Å². The molecular formula is C17H36N2Si. The fraction of sp³-hybridized carbons (Fsp3) is 1.00. The van der Waals surface area contributed by atoms with Gasteiger partial charge < -0.3 is 9.88 Å². The van der Waals surface area contributed by atoms with Crippen LogP contribution in [0.1, 0.15) is 52.9 Å². The normalized spacial score (nSPS) is 35.4. The monoisotopic (exact) mass is 296 g/mol. The maximum atomic E-state index is 4.07. The average molecular weight is 297 g/mol. The Kier molecular flexibility index (Phi) is 4.73. The molecule has 0 amide bonds. The lowest BCUT2D eigenvalue weighted by Gasteiger charge is -2.45. The number of nitrogens with zero attached hydrogens (tertiary/aromatic N) is 1. The van der Waals surface area contributed by atoms with E-state index < -0.39 is 8.24 Å². The molecule has 2 aliphatic carbocycles. The van der Waals surface area contributed by atoms with Crippen molar-refractivity contribution in [3.63, 3.8) is 0 Å². The van der Waals surface area contributed by atoms with E-state index in [-0.39, 0.29) is 5.54 Å². The van der Waals surface area contributed by atoms with Gasteiger partial charge in [-0.2, -0.15) is 0 Å². The van der Waals surface area contributed by atoms with Crippen molar-refractivity contribution >= 4 is 8.24 Å². The minimum Gasteiger partial charge on any atom is -0.332 e. The second-order valence-corrected chi connectivity index (χ2v) is 13.5. The summed E-state index contributed by atoms with van der Waals surface area (Å²) < 4.78 is 0. The fourth-order valence-electron chi connectivity index (χ4n) is 5.34. The van der Waals surface area contributed by atoms with Crippen molar-refractivity contribution in [2.75, 3.05) is 14.1 Å². The summed E-state index contributed by atoms with van der Waals surface area (Å²) in [5.74, 6) is 2.00. The Balaban J connectivity index is 2.24. The Morgan fingerprint density at radius 3 is 2.20 bits per heavy atom. The highest BCUT2D eigenvalue weighted by Gasteiger charge is 2.52. The van der Waals surface area contributed by atoms with Crippen LogP contribution in [-0.4, -0.2) is 38.8 Å². The zero-order valence-corrected chi connectivity index (χ0v) is 15.8. The van der Waals surface area contributed by atoms with E-state index in [2.05, 4.69) is 57.8 Å². The van der Waals surface area contributed by atoms with Crippen molar-refractivity contribution in [3.05, 3.63) is 0 Å². The van der Waals surface area contributed by atoms with Crippen LogP contribution in [-0.2, 0) is 0 Å². The molecule has 0 spiro atoms. The first-order valence-electron chi connectivity index (χ1n) is 8.57. The Hall–Kier alpha value is 0.137. The molecule has 0 radical (unpaired) electrons. The van der Waals surface area contributed by atoms with E-state index in [1.54, 1.807) is 0 Å². The molecular weight excluding hydrogens is 260 g/mol. The first kappa shape index (κ1) is 16.5. The lowest BCUT2D eigenvalue weighted by atomic mass is 9.82. The summed E-state index contributed by atoms with van der Waals surface area (Å²) in [6.07, 6.45) is 7.37. The summed E-state index contributed by atoms with van der Waals surface area (Å²) in [5, 5.41) is 0. The molecule has 0 aromatic rings. The SMILES string of the molecule is CN(C)C1CC2CCCCC2C1[Si](C)(C)NC(C)(C)C. The molecule has 3 heteroatoms. The summed E-state index contributed by atoms with van der Waals surface area (Å²) in [6, 6.07) is 0.805. The summed E-state index contributed by atoms with van der Waals surface area (Å²) in [7, 11) is 3.17. The van der Waals surface area contributed by atoms with Crippen molar-refractivity contribution in [2.24, 2.45) is 11.8 Å². The highest BCUT2D eigenvalue weighted by atomic mass is 28.3. The zero-order chi connectivity index (χ0) is 15.1. The molecule has 2 saturated carbocycles. The topological polar surface area (TPSA) is 15.3 Å². The average Bonchev–Trinajstić information content (AvgIpc) is 2.65. The number of nitrogens with one attached hydrogen (secondary N) is 1. The summed E-state index contributed by atoms with van der Waals surface area (Å²) >= 11 is 0. The van der Waals surface area contributed by atoms with E-state index in [9.17, 15) is 0 Å². The molecule has 2 aliphatic rings. The Morgan fingerprint density at radius 1 is 1.05 bits per heavy atom. The number of hydrogen-bond acceptors (Lipinski definition) is 2. The van der Waals surface area contributed by atoms with Gasteiger partial charge in [-0.25, -0.2) is 0 Å². The molecule has 0 bridgehead atoms. The van der Waals surface area contributed by atoms with Crippen LogP contribution in [0.2, 0.25) is 18.6 Å². The van der Waals surface area contributed by atoms with Crippen LogP contribution in [0.25, 0.3) is 0 Å². The number of fused-ring (bicyclic) bond motifs is 1. The van der Waals surface area contributed by atoms with Gasteiger partial charge in [-0.1, -0.05) is 38.8 Å². The predicted molar refractivity (Wildman–Crippen MR) is 91.7 cm³/mol.